The maximum atomic E-state index is 12.6. The molecule has 28 heavy (non-hydrogen) atoms. The SMILES string of the molecule is CCN(CC)C(C)OC(=O)c1ccc(Cc2ccccc2O)c(C(C)=O)c1O. The monoisotopic (exact) mass is 385 g/mol. The number of para-hydroxylation sites is 1. The Morgan fingerprint density at radius 2 is 1.68 bits per heavy atom. The Kier molecular flexibility index (Phi) is 7.18. The van der Waals surface area contributed by atoms with E-state index in [-0.39, 0.29) is 29.1 Å². The molecule has 6 nitrogen and oxygen atoms in total. The number of hydrogen-bond acceptors (Lipinski definition) is 6. The molecule has 0 bridgehead atoms. The molecule has 0 saturated heterocycles. The molecule has 2 N–H and O–H groups in total. The molecule has 0 fully saturated rings. The van der Waals surface area contributed by atoms with Crippen LogP contribution in [-0.4, -0.2) is 46.2 Å². The van der Waals surface area contributed by atoms with E-state index in [1.165, 1.54) is 13.0 Å². The minimum atomic E-state index is -0.687. The van der Waals surface area contributed by atoms with Gasteiger partial charge in [0, 0.05) is 6.42 Å². The van der Waals surface area contributed by atoms with Crippen molar-refractivity contribution in [3.63, 3.8) is 0 Å². The van der Waals surface area contributed by atoms with E-state index in [1.54, 1.807) is 37.3 Å². The molecule has 1 unspecified atom stereocenters. The third kappa shape index (κ3) is 4.70. The maximum Gasteiger partial charge on any atom is 0.343 e. The summed E-state index contributed by atoms with van der Waals surface area (Å²) in [7, 11) is 0. The first-order valence-electron chi connectivity index (χ1n) is 9.37. The Hall–Kier alpha value is -2.86. The quantitative estimate of drug-likeness (QED) is 0.409. The summed E-state index contributed by atoms with van der Waals surface area (Å²) in [6.07, 6.45) is -0.205. The lowest BCUT2D eigenvalue weighted by Crippen LogP contribution is -2.36. The molecule has 0 amide bonds. The maximum absolute atomic E-state index is 12.6. The molecular weight excluding hydrogens is 358 g/mol. The number of hydrogen-bond donors (Lipinski definition) is 2. The average Bonchev–Trinajstić information content (AvgIpc) is 2.64. The van der Waals surface area contributed by atoms with Crippen LogP contribution in [0.2, 0.25) is 0 Å². The summed E-state index contributed by atoms with van der Waals surface area (Å²) in [4.78, 5) is 26.7. The molecule has 6 heteroatoms. The Balaban J connectivity index is 2.36. The number of carbonyl (C=O) groups is 2. The van der Waals surface area contributed by atoms with Crippen LogP contribution in [0.5, 0.6) is 11.5 Å². The van der Waals surface area contributed by atoms with E-state index in [0.29, 0.717) is 11.1 Å². The van der Waals surface area contributed by atoms with Crippen molar-refractivity contribution in [1.29, 1.82) is 0 Å². The zero-order valence-corrected chi connectivity index (χ0v) is 16.7. The Bertz CT molecular complexity index is 858. The van der Waals surface area contributed by atoms with E-state index in [2.05, 4.69) is 0 Å². The van der Waals surface area contributed by atoms with Crippen LogP contribution in [0.1, 0.15) is 59.5 Å². The number of phenolic OH excluding ortho intramolecular Hbond substituents is 2. The Morgan fingerprint density at radius 3 is 2.25 bits per heavy atom. The Labute approximate surface area is 165 Å². The van der Waals surface area contributed by atoms with Crippen LogP contribution in [0, 0.1) is 0 Å². The molecule has 0 spiro atoms. The van der Waals surface area contributed by atoms with Crippen LogP contribution in [0.25, 0.3) is 0 Å². The third-order valence-electron chi connectivity index (χ3n) is 4.81. The normalized spacial score (nSPS) is 12.0. The second-order valence-corrected chi connectivity index (χ2v) is 6.58. The summed E-state index contributed by atoms with van der Waals surface area (Å²) >= 11 is 0. The smallest absolute Gasteiger partial charge is 0.343 e. The van der Waals surface area contributed by atoms with Gasteiger partial charge in [0.25, 0.3) is 0 Å². The van der Waals surface area contributed by atoms with Crippen molar-refractivity contribution in [2.24, 2.45) is 0 Å². The summed E-state index contributed by atoms with van der Waals surface area (Å²) in [5.74, 6) is -1.34. The zero-order chi connectivity index (χ0) is 20.8. The molecule has 0 aliphatic heterocycles. The highest BCUT2D eigenvalue weighted by Gasteiger charge is 2.24. The molecule has 0 heterocycles. The molecule has 150 valence electrons. The van der Waals surface area contributed by atoms with Gasteiger partial charge in [-0.05, 0) is 50.2 Å². The number of phenols is 2. The minimum Gasteiger partial charge on any atom is -0.508 e. The standard InChI is InChI=1S/C22H27NO5/c1-5-23(6-2)15(4)28-22(27)18-12-11-17(20(14(3)24)21(18)26)13-16-9-7-8-10-19(16)25/h7-12,15,25-26H,5-6,13H2,1-4H3. The van der Waals surface area contributed by atoms with E-state index >= 15 is 0 Å². The first-order chi connectivity index (χ1) is 13.3. The van der Waals surface area contributed by atoms with Crippen molar-refractivity contribution in [3.05, 3.63) is 58.7 Å². The number of aromatic hydroxyl groups is 2. The molecule has 1 atom stereocenters. The predicted molar refractivity (Wildman–Crippen MR) is 107 cm³/mol. The lowest BCUT2D eigenvalue weighted by atomic mass is 9.94. The van der Waals surface area contributed by atoms with E-state index in [1.807, 2.05) is 18.7 Å². The van der Waals surface area contributed by atoms with Crippen molar-refractivity contribution < 1.29 is 24.5 Å². The van der Waals surface area contributed by atoms with Crippen LogP contribution < -0.4 is 0 Å². The molecule has 2 rings (SSSR count). The molecule has 0 radical (unpaired) electrons. The predicted octanol–water partition coefficient (Wildman–Crippen LogP) is 3.74. The highest BCUT2D eigenvalue weighted by molar-refractivity contribution is 6.03. The van der Waals surface area contributed by atoms with Crippen LogP contribution >= 0.6 is 0 Å². The van der Waals surface area contributed by atoms with Crippen LogP contribution in [0.15, 0.2) is 36.4 Å². The van der Waals surface area contributed by atoms with E-state index < -0.39 is 17.9 Å². The van der Waals surface area contributed by atoms with Gasteiger partial charge in [0.05, 0.1) is 5.56 Å². The Morgan fingerprint density at radius 1 is 1.04 bits per heavy atom. The number of ether oxygens (including phenoxy) is 1. The molecule has 0 aliphatic rings. The first-order valence-corrected chi connectivity index (χ1v) is 9.37. The summed E-state index contributed by atoms with van der Waals surface area (Å²) in [5.41, 5.74) is 1.16. The van der Waals surface area contributed by atoms with Crippen molar-refractivity contribution in [2.45, 2.75) is 40.3 Å². The minimum absolute atomic E-state index is 0.0507. The van der Waals surface area contributed by atoms with Gasteiger partial charge in [-0.1, -0.05) is 38.1 Å². The lowest BCUT2D eigenvalue weighted by Gasteiger charge is -2.26. The molecule has 0 saturated carbocycles. The fourth-order valence-electron chi connectivity index (χ4n) is 3.23. The van der Waals surface area contributed by atoms with Gasteiger partial charge < -0.3 is 14.9 Å². The molecular formula is C22H27NO5. The second-order valence-electron chi connectivity index (χ2n) is 6.58. The van der Waals surface area contributed by atoms with E-state index in [0.717, 1.165) is 13.1 Å². The van der Waals surface area contributed by atoms with Crippen LogP contribution in [0.3, 0.4) is 0 Å². The largest absolute Gasteiger partial charge is 0.508 e. The van der Waals surface area contributed by atoms with Gasteiger partial charge in [-0.25, -0.2) is 4.79 Å². The van der Waals surface area contributed by atoms with Gasteiger partial charge in [-0.15, -0.1) is 0 Å². The van der Waals surface area contributed by atoms with Gasteiger partial charge in [0.2, 0.25) is 0 Å². The number of esters is 1. The van der Waals surface area contributed by atoms with Crippen LogP contribution in [-0.2, 0) is 11.2 Å². The lowest BCUT2D eigenvalue weighted by molar-refractivity contribution is -0.0199. The van der Waals surface area contributed by atoms with Gasteiger partial charge in [0.1, 0.15) is 17.1 Å². The summed E-state index contributed by atoms with van der Waals surface area (Å²) in [6, 6.07) is 9.85. The summed E-state index contributed by atoms with van der Waals surface area (Å²) in [5, 5.41) is 20.6. The highest BCUT2D eigenvalue weighted by atomic mass is 16.6. The highest BCUT2D eigenvalue weighted by Crippen LogP contribution is 2.31. The topological polar surface area (TPSA) is 87.1 Å². The first kappa shape index (κ1) is 21.4. The number of ketones is 1. The molecule has 0 aromatic heterocycles. The molecule has 0 aliphatic carbocycles. The van der Waals surface area contributed by atoms with Crippen molar-refractivity contribution in [2.75, 3.05) is 13.1 Å². The number of nitrogens with zero attached hydrogens (tertiary/aromatic N) is 1. The fraction of sp³-hybridized carbons (Fsp3) is 0.364. The van der Waals surface area contributed by atoms with Crippen molar-refractivity contribution in [1.82, 2.24) is 4.90 Å². The number of rotatable bonds is 8. The van der Waals surface area contributed by atoms with Gasteiger partial charge in [-0.2, -0.15) is 0 Å². The molecule has 2 aromatic carbocycles. The van der Waals surface area contributed by atoms with Crippen LogP contribution in [0.4, 0.5) is 0 Å². The van der Waals surface area contributed by atoms with E-state index in [9.17, 15) is 19.8 Å². The molecule has 2 aromatic rings. The number of benzene rings is 2. The number of carbonyl (C=O) groups excluding carboxylic acids is 2. The summed E-state index contributed by atoms with van der Waals surface area (Å²) < 4.78 is 5.45. The van der Waals surface area contributed by atoms with Crippen molar-refractivity contribution in [3.8, 4) is 11.5 Å². The average molecular weight is 385 g/mol. The fourth-order valence-corrected chi connectivity index (χ4v) is 3.23. The van der Waals surface area contributed by atoms with Gasteiger partial charge in [-0.3, -0.25) is 9.69 Å². The van der Waals surface area contributed by atoms with E-state index in [4.69, 9.17) is 4.74 Å². The van der Waals surface area contributed by atoms with Gasteiger partial charge in [0.15, 0.2) is 12.0 Å². The second kappa shape index (κ2) is 9.37. The van der Waals surface area contributed by atoms with Crippen molar-refractivity contribution >= 4 is 11.8 Å². The zero-order valence-electron chi connectivity index (χ0n) is 16.7. The summed E-state index contributed by atoms with van der Waals surface area (Å²) in [6.45, 7) is 8.46. The van der Waals surface area contributed by atoms with Gasteiger partial charge >= 0.3 is 5.97 Å². The third-order valence-corrected chi connectivity index (χ3v) is 4.81. The number of Topliss-reactive ketones (excluding diaryl/α,β-unsaturated/α-hetero) is 1.